The van der Waals surface area contributed by atoms with Gasteiger partial charge in [0.2, 0.25) is 0 Å². The third-order valence-corrected chi connectivity index (χ3v) is 5.05. The fourth-order valence-corrected chi connectivity index (χ4v) is 3.98. The Hall–Kier alpha value is -1.10. The molecule has 1 saturated carbocycles. The Morgan fingerprint density at radius 2 is 2.05 bits per heavy atom. The monoisotopic (exact) mass is 337 g/mol. The van der Waals surface area contributed by atoms with Crippen molar-refractivity contribution in [2.24, 2.45) is 5.92 Å². The van der Waals surface area contributed by atoms with Gasteiger partial charge in [-0.1, -0.05) is 12.8 Å². The van der Waals surface area contributed by atoms with Gasteiger partial charge in [-0.05, 0) is 53.6 Å². The number of nitrogen functional groups attached to an aromatic ring is 1. The van der Waals surface area contributed by atoms with E-state index in [9.17, 15) is 4.79 Å². The van der Waals surface area contributed by atoms with E-state index in [4.69, 9.17) is 5.73 Å². The Morgan fingerprint density at radius 3 is 2.90 bits per heavy atom. The summed E-state index contributed by atoms with van der Waals surface area (Å²) in [5.41, 5.74) is 6.42. The molecule has 1 saturated heterocycles. The summed E-state index contributed by atoms with van der Waals surface area (Å²) in [5.74, 6) is 1.06. The number of hydrogen-bond donors (Lipinski definition) is 1. The lowest BCUT2D eigenvalue weighted by Gasteiger charge is -2.44. The van der Waals surface area contributed by atoms with Gasteiger partial charge >= 0.3 is 0 Å². The van der Waals surface area contributed by atoms with Crippen LogP contribution >= 0.6 is 15.9 Å². The number of nitrogens with zero attached hydrogens (tertiary/aromatic N) is 2. The van der Waals surface area contributed by atoms with Gasteiger partial charge in [0.1, 0.15) is 5.82 Å². The number of nitrogens with two attached hydrogens (primary N) is 1. The summed E-state index contributed by atoms with van der Waals surface area (Å²) < 4.78 is 0.798. The van der Waals surface area contributed by atoms with Crippen LogP contribution in [0.15, 0.2) is 16.7 Å². The van der Waals surface area contributed by atoms with Crippen LogP contribution in [0, 0.1) is 5.92 Å². The van der Waals surface area contributed by atoms with E-state index in [0.717, 1.165) is 23.9 Å². The molecule has 1 aromatic heterocycles. The third-order valence-electron chi connectivity index (χ3n) is 4.62. The van der Waals surface area contributed by atoms with Gasteiger partial charge in [-0.15, -0.1) is 0 Å². The molecule has 0 aromatic carbocycles. The van der Waals surface area contributed by atoms with E-state index in [0.29, 0.717) is 23.3 Å². The zero-order chi connectivity index (χ0) is 14.1. The predicted octanol–water partition coefficient (Wildman–Crippen LogP) is 3.22. The average molecular weight is 338 g/mol. The summed E-state index contributed by atoms with van der Waals surface area (Å²) in [7, 11) is 0. The largest absolute Gasteiger partial charge is 0.383 e. The van der Waals surface area contributed by atoms with Gasteiger partial charge in [0, 0.05) is 23.3 Å². The molecule has 108 valence electrons. The zero-order valence-corrected chi connectivity index (χ0v) is 13.1. The quantitative estimate of drug-likeness (QED) is 0.855. The van der Waals surface area contributed by atoms with Gasteiger partial charge in [-0.25, -0.2) is 4.98 Å². The van der Waals surface area contributed by atoms with Crippen molar-refractivity contribution in [1.29, 1.82) is 0 Å². The normalized spacial score (nSPS) is 26.1. The molecule has 1 aromatic rings. The molecule has 2 unspecified atom stereocenters. The van der Waals surface area contributed by atoms with Gasteiger partial charge < -0.3 is 10.6 Å². The van der Waals surface area contributed by atoms with Crippen molar-refractivity contribution in [2.45, 2.75) is 44.6 Å². The number of aromatic nitrogens is 1. The molecule has 5 heteroatoms. The maximum atomic E-state index is 12.8. The molecule has 2 N–H and O–H groups in total. The highest BCUT2D eigenvalue weighted by Crippen LogP contribution is 2.36. The van der Waals surface area contributed by atoms with Gasteiger partial charge in [0.25, 0.3) is 5.91 Å². The van der Waals surface area contributed by atoms with E-state index < -0.39 is 0 Å². The minimum absolute atomic E-state index is 0.0490. The van der Waals surface area contributed by atoms with Crippen LogP contribution in [0.5, 0.6) is 0 Å². The lowest BCUT2D eigenvalue weighted by Crippen LogP contribution is -2.49. The Kier molecular flexibility index (Phi) is 3.96. The lowest BCUT2D eigenvalue weighted by atomic mass is 9.78. The second-order valence-electron chi connectivity index (χ2n) is 5.84. The van der Waals surface area contributed by atoms with Gasteiger partial charge in [-0.3, -0.25) is 4.79 Å². The van der Waals surface area contributed by atoms with Crippen LogP contribution in [0.1, 0.15) is 48.9 Å². The number of hydrogen-bond acceptors (Lipinski definition) is 3. The molecule has 4 nitrogen and oxygen atoms in total. The van der Waals surface area contributed by atoms with Crippen LogP contribution in [0.4, 0.5) is 5.82 Å². The molecular formula is C15H20BrN3O. The number of carbonyl (C=O) groups is 1. The van der Waals surface area contributed by atoms with Gasteiger partial charge in [0.05, 0.1) is 5.56 Å². The van der Waals surface area contributed by atoms with E-state index in [1.54, 1.807) is 12.3 Å². The van der Waals surface area contributed by atoms with Crippen LogP contribution in [0.3, 0.4) is 0 Å². The van der Waals surface area contributed by atoms with Crippen LogP contribution in [0.2, 0.25) is 0 Å². The van der Waals surface area contributed by atoms with Gasteiger partial charge in [0.15, 0.2) is 0 Å². The number of likely N-dealkylation sites (tertiary alicyclic amines) is 1. The molecule has 0 spiro atoms. The first kappa shape index (κ1) is 13.9. The highest BCUT2D eigenvalue weighted by Gasteiger charge is 2.36. The minimum Gasteiger partial charge on any atom is -0.383 e. The number of amides is 1. The smallest absolute Gasteiger partial charge is 0.257 e. The summed E-state index contributed by atoms with van der Waals surface area (Å²) >= 11 is 3.37. The summed E-state index contributed by atoms with van der Waals surface area (Å²) in [6, 6.07) is 2.19. The second kappa shape index (κ2) is 5.72. The Bertz CT molecular complexity index is 518. The molecular weight excluding hydrogens is 318 g/mol. The van der Waals surface area contributed by atoms with Crippen LogP contribution < -0.4 is 5.73 Å². The predicted molar refractivity (Wildman–Crippen MR) is 82.4 cm³/mol. The fourth-order valence-electron chi connectivity index (χ4n) is 3.65. The van der Waals surface area contributed by atoms with E-state index in [1.807, 2.05) is 4.90 Å². The Morgan fingerprint density at radius 1 is 1.30 bits per heavy atom. The number of carbonyl (C=O) groups excluding carboxylic acids is 1. The topological polar surface area (TPSA) is 59.2 Å². The minimum atomic E-state index is 0.0490. The third kappa shape index (κ3) is 2.55. The molecule has 1 aliphatic heterocycles. The van der Waals surface area contributed by atoms with Crippen molar-refractivity contribution < 1.29 is 4.79 Å². The average Bonchev–Trinajstić information content (AvgIpc) is 2.48. The van der Waals surface area contributed by atoms with Crippen molar-refractivity contribution in [2.75, 3.05) is 12.3 Å². The summed E-state index contributed by atoms with van der Waals surface area (Å²) in [4.78, 5) is 18.9. The van der Waals surface area contributed by atoms with Crippen LogP contribution in [-0.4, -0.2) is 28.4 Å². The van der Waals surface area contributed by atoms with Crippen molar-refractivity contribution in [3.63, 3.8) is 0 Å². The number of piperidine rings is 1. The summed E-state index contributed by atoms with van der Waals surface area (Å²) in [6.45, 7) is 0.853. The Labute approximate surface area is 127 Å². The number of halogens is 1. The molecule has 20 heavy (non-hydrogen) atoms. The molecule has 2 aliphatic rings. The second-order valence-corrected chi connectivity index (χ2v) is 6.75. The van der Waals surface area contributed by atoms with Crippen LogP contribution in [0.25, 0.3) is 0 Å². The number of fused-ring (bicyclic) bond motifs is 1. The molecule has 2 heterocycles. The molecule has 3 rings (SSSR count). The van der Waals surface area contributed by atoms with Gasteiger partial charge in [-0.2, -0.15) is 0 Å². The highest BCUT2D eigenvalue weighted by atomic mass is 79.9. The maximum Gasteiger partial charge on any atom is 0.257 e. The lowest BCUT2D eigenvalue weighted by molar-refractivity contribution is 0.0391. The molecule has 0 radical (unpaired) electrons. The number of anilines is 1. The molecule has 2 fully saturated rings. The van der Waals surface area contributed by atoms with E-state index in [1.165, 1.54) is 25.7 Å². The SMILES string of the molecule is Nc1ncc(Br)cc1C(=O)N1CCCC2CCCCC21. The maximum absolute atomic E-state index is 12.8. The first-order chi connectivity index (χ1) is 9.66. The van der Waals surface area contributed by atoms with E-state index in [2.05, 4.69) is 20.9 Å². The van der Waals surface area contributed by atoms with E-state index >= 15 is 0 Å². The van der Waals surface area contributed by atoms with Crippen molar-refractivity contribution in [1.82, 2.24) is 9.88 Å². The standard InChI is InChI=1S/C15H20BrN3O/c16-11-8-12(14(17)18-9-11)15(20)19-7-3-5-10-4-1-2-6-13(10)19/h8-10,13H,1-7H2,(H2,17,18). The molecule has 1 amide bonds. The first-order valence-corrected chi connectivity index (χ1v) is 8.18. The Balaban J connectivity index is 1.87. The summed E-state index contributed by atoms with van der Waals surface area (Å²) in [6.07, 6.45) is 8.94. The zero-order valence-electron chi connectivity index (χ0n) is 11.5. The highest BCUT2D eigenvalue weighted by molar-refractivity contribution is 9.10. The van der Waals surface area contributed by atoms with E-state index in [-0.39, 0.29) is 5.91 Å². The molecule has 1 aliphatic carbocycles. The van der Waals surface area contributed by atoms with Crippen molar-refractivity contribution >= 4 is 27.7 Å². The van der Waals surface area contributed by atoms with Crippen molar-refractivity contribution in [3.8, 4) is 0 Å². The summed E-state index contributed by atoms with van der Waals surface area (Å²) in [5, 5.41) is 0. The molecule has 2 atom stereocenters. The first-order valence-electron chi connectivity index (χ1n) is 7.39. The number of pyridine rings is 1. The number of rotatable bonds is 1. The fraction of sp³-hybridized carbons (Fsp3) is 0.600. The van der Waals surface area contributed by atoms with Crippen molar-refractivity contribution in [3.05, 3.63) is 22.3 Å². The molecule has 0 bridgehead atoms. The van der Waals surface area contributed by atoms with Crippen LogP contribution in [-0.2, 0) is 0 Å².